The van der Waals surface area contributed by atoms with E-state index in [1.807, 2.05) is 12.1 Å². The molecule has 4 heterocycles. The minimum Gasteiger partial charge on any atom is -0.494 e. The predicted molar refractivity (Wildman–Crippen MR) is 197 cm³/mol. The van der Waals surface area contributed by atoms with Gasteiger partial charge in [-0.05, 0) is 72.8 Å². The molecule has 2 aliphatic rings. The van der Waals surface area contributed by atoms with Crippen LogP contribution in [0.5, 0.6) is 5.75 Å². The molecule has 2 saturated heterocycles. The van der Waals surface area contributed by atoms with E-state index in [0.29, 0.717) is 23.8 Å². The van der Waals surface area contributed by atoms with Crippen LogP contribution in [-0.2, 0) is 4.74 Å². The Hall–Kier alpha value is -3.15. The lowest BCUT2D eigenvalue weighted by Crippen LogP contribution is -2.62. The molecule has 0 spiro atoms. The minimum absolute atomic E-state index is 0.469. The molecular weight excluding hydrogens is 677 g/mol. The fourth-order valence-electron chi connectivity index (χ4n) is 6.67. The topological polar surface area (TPSA) is 104 Å². The zero-order chi connectivity index (χ0) is 33.1. The van der Waals surface area contributed by atoms with Crippen LogP contribution in [-0.4, -0.2) is 116 Å². The number of ether oxygens (including phenoxy) is 2. The van der Waals surface area contributed by atoms with Crippen molar-refractivity contribution in [3.05, 3.63) is 52.9 Å². The lowest BCUT2D eigenvalue weighted by atomic mass is 9.98. The highest BCUT2D eigenvalue weighted by molar-refractivity contribution is 9.10. The summed E-state index contributed by atoms with van der Waals surface area (Å²) in [6.45, 7) is 13.0. The van der Waals surface area contributed by atoms with Gasteiger partial charge < -0.3 is 25.0 Å². The number of nitrogens with zero attached hydrogens (tertiary/aromatic N) is 7. The summed E-state index contributed by atoms with van der Waals surface area (Å²) in [6, 6.07) is 9.47. The Morgan fingerprint density at radius 3 is 2.51 bits per heavy atom. The van der Waals surface area contributed by atoms with Gasteiger partial charge in [-0.3, -0.25) is 19.8 Å². The van der Waals surface area contributed by atoms with Crippen LogP contribution in [0.4, 0.5) is 28.8 Å². The molecule has 2 fully saturated rings. The van der Waals surface area contributed by atoms with E-state index in [-0.39, 0.29) is 0 Å². The summed E-state index contributed by atoms with van der Waals surface area (Å²) in [7, 11) is 5.23. The van der Waals surface area contributed by atoms with Gasteiger partial charge in [-0.1, -0.05) is 7.92 Å². The van der Waals surface area contributed by atoms with Gasteiger partial charge in [0.15, 0.2) is 0 Å². The summed E-state index contributed by atoms with van der Waals surface area (Å²) in [6.07, 6.45) is 7.53. The van der Waals surface area contributed by atoms with Crippen molar-refractivity contribution < 1.29 is 9.47 Å². The molecule has 2 aliphatic heterocycles. The highest BCUT2D eigenvalue weighted by Gasteiger charge is 2.34. The molecule has 0 amide bonds. The Balaban J connectivity index is 1.14. The summed E-state index contributed by atoms with van der Waals surface area (Å²) in [5.41, 5.74) is 5.93. The molecule has 0 bridgehead atoms. The predicted octanol–water partition coefficient (Wildman–Crippen LogP) is 5.58. The molecule has 0 radical (unpaired) electrons. The number of piperidine rings is 1. The standard InChI is InChI=1S/C34H45BrN9O2P/c1-22-17-28(30(46-4)18-29(22)42(2)23-9-13-44(14-10-23)24-20-43(21-24)15-16-45-3)40-34-38-19-25(35)33(41-34)39-27-8-7-26-31(32(27)47(5)6)37-12-11-36-26/h7-8,11-12,17-19,23-24H,9-10,13-16,20-21H2,1-6H3,(H2,38,39,40,41). The van der Waals surface area contributed by atoms with Gasteiger partial charge in [0, 0.05) is 100 Å². The third-order valence-electron chi connectivity index (χ3n) is 9.32. The van der Waals surface area contributed by atoms with E-state index in [0.717, 1.165) is 90.1 Å². The van der Waals surface area contributed by atoms with Crippen LogP contribution in [0.15, 0.2) is 47.3 Å². The number of anilines is 5. The quantitative estimate of drug-likeness (QED) is 0.179. The van der Waals surface area contributed by atoms with Gasteiger partial charge in [-0.25, -0.2) is 4.98 Å². The van der Waals surface area contributed by atoms with Crippen molar-refractivity contribution in [2.24, 2.45) is 0 Å². The molecule has 11 nitrogen and oxygen atoms in total. The first-order chi connectivity index (χ1) is 22.7. The number of fused-ring (bicyclic) bond motifs is 1. The van der Waals surface area contributed by atoms with Crippen molar-refractivity contribution in [3.63, 3.8) is 0 Å². The zero-order valence-electron chi connectivity index (χ0n) is 28.1. The third-order valence-corrected chi connectivity index (χ3v) is 11.2. The van der Waals surface area contributed by atoms with Crippen molar-refractivity contribution in [1.29, 1.82) is 0 Å². The summed E-state index contributed by atoms with van der Waals surface area (Å²) in [5, 5.41) is 8.10. The zero-order valence-corrected chi connectivity index (χ0v) is 30.6. The van der Waals surface area contributed by atoms with Crippen molar-refractivity contribution >= 4 is 69.0 Å². The molecule has 2 N–H and O–H groups in total. The first-order valence-corrected chi connectivity index (χ1v) is 19.1. The molecule has 13 heteroatoms. The second-order valence-electron chi connectivity index (χ2n) is 12.5. The number of hydrogen-bond acceptors (Lipinski definition) is 11. The molecule has 47 heavy (non-hydrogen) atoms. The number of halogens is 1. The second-order valence-corrected chi connectivity index (χ2v) is 15.6. The van der Waals surface area contributed by atoms with E-state index < -0.39 is 7.92 Å². The molecule has 0 saturated carbocycles. The lowest BCUT2D eigenvalue weighted by Gasteiger charge is -2.48. The van der Waals surface area contributed by atoms with E-state index >= 15 is 0 Å². The molecule has 0 aliphatic carbocycles. The average molecular weight is 723 g/mol. The van der Waals surface area contributed by atoms with E-state index in [2.05, 4.69) is 95.6 Å². The van der Waals surface area contributed by atoms with E-state index in [1.165, 1.54) is 11.3 Å². The number of hydrogen-bond donors (Lipinski definition) is 2. The third kappa shape index (κ3) is 7.47. The number of nitrogens with one attached hydrogen (secondary N) is 2. The summed E-state index contributed by atoms with van der Waals surface area (Å²) >= 11 is 3.64. The van der Waals surface area contributed by atoms with E-state index in [1.54, 1.807) is 32.8 Å². The highest BCUT2D eigenvalue weighted by atomic mass is 79.9. The van der Waals surface area contributed by atoms with Crippen LogP contribution in [0, 0.1) is 6.92 Å². The smallest absolute Gasteiger partial charge is 0.229 e. The fraction of sp³-hybridized carbons (Fsp3) is 0.471. The van der Waals surface area contributed by atoms with Crippen LogP contribution in [0.3, 0.4) is 0 Å². The van der Waals surface area contributed by atoms with Gasteiger partial charge in [-0.15, -0.1) is 0 Å². The molecule has 6 rings (SSSR count). The summed E-state index contributed by atoms with van der Waals surface area (Å²) in [4.78, 5) is 26.1. The fourth-order valence-corrected chi connectivity index (χ4v) is 8.17. The number of aromatic nitrogens is 4. The van der Waals surface area contributed by atoms with Crippen molar-refractivity contribution in [1.82, 2.24) is 29.7 Å². The number of benzene rings is 2. The maximum absolute atomic E-state index is 5.89. The maximum Gasteiger partial charge on any atom is 0.229 e. The largest absolute Gasteiger partial charge is 0.494 e. The molecular formula is C34H45BrN9O2P. The summed E-state index contributed by atoms with van der Waals surface area (Å²) < 4.78 is 11.9. The molecule has 4 aromatic rings. The van der Waals surface area contributed by atoms with E-state index in [9.17, 15) is 0 Å². The Morgan fingerprint density at radius 1 is 1.02 bits per heavy atom. The normalized spacial score (nSPS) is 16.4. The van der Waals surface area contributed by atoms with Gasteiger partial charge in [0.1, 0.15) is 11.6 Å². The Bertz CT molecular complexity index is 1700. The van der Waals surface area contributed by atoms with Crippen molar-refractivity contribution in [2.75, 3.05) is 89.5 Å². The highest BCUT2D eigenvalue weighted by Crippen LogP contribution is 2.38. The van der Waals surface area contributed by atoms with Crippen LogP contribution in [0.25, 0.3) is 11.0 Å². The SMILES string of the molecule is COCCN1CC(N2CCC(N(C)c3cc(OC)c(Nc4ncc(Br)c(Nc5ccc6nccnc6c5P(C)C)n4)cc3C)CC2)C1. The molecule has 250 valence electrons. The minimum atomic E-state index is -0.469. The van der Waals surface area contributed by atoms with Gasteiger partial charge >= 0.3 is 0 Å². The average Bonchev–Trinajstić information content (AvgIpc) is 3.05. The number of likely N-dealkylation sites (tertiary alicyclic amines) is 2. The number of rotatable bonds is 12. The monoisotopic (exact) mass is 721 g/mol. The maximum atomic E-state index is 5.89. The number of methoxy groups -OCH3 is 2. The van der Waals surface area contributed by atoms with Gasteiger partial charge in [0.05, 0.1) is 34.9 Å². The second kappa shape index (κ2) is 15.0. The Labute approximate surface area is 287 Å². The van der Waals surface area contributed by atoms with Crippen LogP contribution >= 0.6 is 23.9 Å². The molecule has 2 aromatic heterocycles. The van der Waals surface area contributed by atoms with E-state index in [4.69, 9.17) is 14.5 Å². The molecule has 2 aromatic carbocycles. The first kappa shape index (κ1) is 33.7. The lowest BCUT2D eigenvalue weighted by molar-refractivity contribution is 0.00769. The molecule has 0 unspecified atom stereocenters. The number of aryl methyl sites for hydroxylation is 1. The summed E-state index contributed by atoms with van der Waals surface area (Å²) in [5.74, 6) is 1.88. The van der Waals surface area contributed by atoms with Gasteiger partial charge in [0.2, 0.25) is 5.95 Å². The van der Waals surface area contributed by atoms with Crippen LogP contribution < -0.4 is 25.6 Å². The van der Waals surface area contributed by atoms with Crippen molar-refractivity contribution in [3.8, 4) is 5.75 Å². The van der Waals surface area contributed by atoms with Crippen LogP contribution in [0.1, 0.15) is 18.4 Å². The molecule has 0 atom stereocenters. The Kier molecular flexibility index (Phi) is 10.7. The first-order valence-electron chi connectivity index (χ1n) is 16.1. The van der Waals surface area contributed by atoms with Crippen molar-refractivity contribution in [2.45, 2.75) is 31.8 Å². The van der Waals surface area contributed by atoms with Gasteiger partial charge in [0.25, 0.3) is 0 Å². The van der Waals surface area contributed by atoms with Crippen LogP contribution in [0.2, 0.25) is 0 Å². The Morgan fingerprint density at radius 2 is 1.79 bits per heavy atom. The van der Waals surface area contributed by atoms with Gasteiger partial charge in [-0.2, -0.15) is 4.98 Å².